The van der Waals surface area contributed by atoms with E-state index in [2.05, 4.69) is 0 Å². The number of aliphatic hydroxyl groups is 1. The van der Waals surface area contributed by atoms with Gasteiger partial charge < -0.3 is 14.6 Å². The molecule has 0 radical (unpaired) electrons. The highest BCUT2D eigenvalue weighted by molar-refractivity contribution is 5.49. The summed E-state index contributed by atoms with van der Waals surface area (Å²) in [6, 6.07) is 7.93. The summed E-state index contributed by atoms with van der Waals surface area (Å²) in [7, 11) is 0. The molecule has 0 spiro atoms. The number of hydrogen-bond donors (Lipinski definition) is 1. The largest absolute Gasteiger partial charge is 0.379 e. The summed E-state index contributed by atoms with van der Waals surface area (Å²) in [6.07, 6.45) is 0. The smallest absolute Gasteiger partial charge is 0.199 e. The Morgan fingerprint density at radius 1 is 1.25 bits per heavy atom. The zero-order valence-corrected chi connectivity index (χ0v) is 9.56. The predicted molar refractivity (Wildman–Crippen MR) is 59.1 cm³/mol. The van der Waals surface area contributed by atoms with Gasteiger partial charge in [-0.3, -0.25) is 0 Å². The molecule has 1 fully saturated rings. The van der Waals surface area contributed by atoms with Crippen LogP contribution in [0.4, 0.5) is 0 Å². The number of benzene rings is 1. The Hall–Kier alpha value is -0.900. The van der Waals surface area contributed by atoms with E-state index in [4.69, 9.17) is 9.47 Å². The van der Waals surface area contributed by atoms with Crippen LogP contribution in [0.15, 0.2) is 24.3 Å². The first-order valence-corrected chi connectivity index (χ1v) is 5.69. The molecule has 1 aliphatic carbocycles. The Labute approximate surface area is 95.0 Å². The molecule has 1 aliphatic heterocycles. The Morgan fingerprint density at radius 3 is 2.56 bits per heavy atom. The summed E-state index contributed by atoms with van der Waals surface area (Å²) in [5, 5.41) is 10.8. The standard InChI is InChI=1S/C13H16O3/c1-9-10-5-3-4-6-11(10)13(9,14)12(2)15-7-8-16-12/h3-6,9,14H,7-8H2,1-2H3. The van der Waals surface area contributed by atoms with Crippen LogP contribution in [0.3, 0.4) is 0 Å². The van der Waals surface area contributed by atoms with Gasteiger partial charge in [-0.25, -0.2) is 0 Å². The molecular formula is C13H16O3. The van der Waals surface area contributed by atoms with Crippen molar-refractivity contribution in [1.82, 2.24) is 0 Å². The molecule has 1 N–H and O–H groups in total. The first-order valence-electron chi connectivity index (χ1n) is 5.69. The minimum Gasteiger partial charge on any atom is -0.379 e. The van der Waals surface area contributed by atoms with E-state index in [0.717, 1.165) is 5.56 Å². The quantitative estimate of drug-likeness (QED) is 0.783. The van der Waals surface area contributed by atoms with Crippen LogP contribution in [-0.2, 0) is 15.1 Å². The van der Waals surface area contributed by atoms with Crippen molar-refractivity contribution in [2.24, 2.45) is 0 Å². The fraction of sp³-hybridized carbons (Fsp3) is 0.538. The van der Waals surface area contributed by atoms with E-state index in [-0.39, 0.29) is 5.92 Å². The molecule has 1 aromatic rings. The van der Waals surface area contributed by atoms with E-state index in [1.54, 1.807) is 0 Å². The second-order valence-corrected chi connectivity index (χ2v) is 4.72. The molecule has 0 bridgehead atoms. The Balaban J connectivity index is 2.08. The number of ether oxygens (including phenoxy) is 2. The van der Waals surface area contributed by atoms with Crippen molar-refractivity contribution in [2.75, 3.05) is 13.2 Å². The van der Waals surface area contributed by atoms with Crippen molar-refractivity contribution in [2.45, 2.75) is 31.2 Å². The molecule has 3 nitrogen and oxygen atoms in total. The summed E-state index contributed by atoms with van der Waals surface area (Å²) in [4.78, 5) is 0. The van der Waals surface area contributed by atoms with Gasteiger partial charge in [0.15, 0.2) is 5.79 Å². The average Bonchev–Trinajstić information content (AvgIpc) is 2.76. The van der Waals surface area contributed by atoms with Gasteiger partial charge in [0.2, 0.25) is 0 Å². The van der Waals surface area contributed by atoms with Crippen LogP contribution in [-0.4, -0.2) is 24.1 Å². The van der Waals surface area contributed by atoms with Gasteiger partial charge in [0.1, 0.15) is 5.60 Å². The maximum absolute atomic E-state index is 10.8. The lowest BCUT2D eigenvalue weighted by Gasteiger charge is -2.52. The van der Waals surface area contributed by atoms with Crippen LogP contribution in [0.1, 0.15) is 30.9 Å². The Bertz CT molecular complexity index is 423. The van der Waals surface area contributed by atoms with Gasteiger partial charge in [0.25, 0.3) is 0 Å². The van der Waals surface area contributed by atoms with Crippen molar-refractivity contribution in [3.8, 4) is 0 Å². The fourth-order valence-electron chi connectivity index (χ4n) is 2.97. The maximum Gasteiger partial charge on any atom is 0.199 e. The van der Waals surface area contributed by atoms with Crippen LogP contribution < -0.4 is 0 Å². The normalized spacial score (nSPS) is 35.6. The molecule has 3 heteroatoms. The minimum absolute atomic E-state index is 0.0480. The predicted octanol–water partition coefficient (Wildman–Crippen LogP) is 1.75. The van der Waals surface area contributed by atoms with Gasteiger partial charge >= 0.3 is 0 Å². The monoisotopic (exact) mass is 220 g/mol. The van der Waals surface area contributed by atoms with Gasteiger partial charge in [-0.1, -0.05) is 31.2 Å². The summed E-state index contributed by atoms with van der Waals surface area (Å²) in [5.41, 5.74) is 1.11. The van der Waals surface area contributed by atoms with Gasteiger partial charge in [-0.2, -0.15) is 0 Å². The third-order valence-corrected chi connectivity index (χ3v) is 4.00. The first-order chi connectivity index (χ1) is 7.59. The van der Waals surface area contributed by atoms with Crippen molar-refractivity contribution in [1.29, 1.82) is 0 Å². The number of rotatable bonds is 1. The van der Waals surface area contributed by atoms with Crippen molar-refractivity contribution in [3.05, 3.63) is 35.4 Å². The van der Waals surface area contributed by atoms with Crippen molar-refractivity contribution in [3.63, 3.8) is 0 Å². The summed E-state index contributed by atoms with van der Waals surface area (Å²) in [5.74, 6) is -0.854. The van der Waals surface area contributed by atoms with E-state index in [1.807, 2.05) is 38.1 Å². The van der Waals surface area contributed by atoms with Crippen LogP contribution in [0, 0.1) is 0 Å². The Morgan fingerprint density at radius 2 is 1.88 bits per heavy atom. The zero-order valence-electron chi connectivity index (χ0n) is 9.56. The molecule has 1 saturated heterocycles. The second-order valence-electron chi connectivity index (χ2n) is 4.72. The van der Waals surface area contributed by atoms with E-state index in [1.165, 1.54) is 5.56 Å². The molecule has 0 saturated carbocycles. The minimum atomic E-state index is -1.01. The van der Waals surface area contributed by atoms with Crippen molar-refractivity contribution >= 4 is 0 Å². The molecular weight excluding hydrogens is 204 g/mol. The second kappa shape index (κ2) is 3.06. The van der Waals surface area contributed by atoms with Gasteiger partial charge in [-0.05, 0) is 18.1 Å². The summed E-state index contributed by atoms with van der Waals surface area (Å²) in [6.45, 7) is 4.94. The van der Waals surface area contributed by atoms with E-state index < -0.39 is 11.4 Å². The summed E-state index contributed by atoms with van der Waals surface area (Å²) < 4.78 is 11.2. The third-order valence-electron chi connectivity index (χ3n) is 4.00. The van der Waals surface area contributed by atoms with E-state index in [0.29, 0.717) is 13.2 Å². The van der Waals surface area contributed by atoms with Crippen molar-refractivity contribution < 1.29 is 14.6 Å². The van der Waals surface area contributed by atoms with E-state index >= 15 is 0 Å². The highest BCUT2D eigenvalue weighted by Gasteiger charge is 2.62. The van der Waals surface area contributed by atoms with E-state index in [9.17, 15) is 5.11 Å². The first kappa shape index (κ1) is 10.3. The SMILES string of the molecule is CC1c2ccccc2C1(O)C1(C)OCCO1. The van der Waals surface area contributed by atoms with Crippen LogP contribution in [0.2, 0.25) is 0 Å². The van der Waals surface area contributed by atoms with Gasteiger partial charge in [0.05, 0.1) is 13.2 Å². The lowest BCUT2D eigenvalue weighted by Crippen LogP contribution is -2.59. The maximum atomic E-state index is 10.8. The van der Waals surface area contributed by atoms with Crippen LogP contribution in [0.5, 0.6) is 0 Å². The molecule has 3 rings (SSSR count). The molecule has 1 heterocycles. The fourth-order valence-corrected chi connectivity index (χ4v) is 2.97. The van der Waals surface area contributed by atoms with Crippen LogP contribution >= 0.6 is 0 Å². The molecule has 16 heavy (non-hydrogen) atoms. The summed E-state index contributed by atoms with van der Waals surface area (Å²) >= 11 is 0. The topological polar surface area (TPSA) is 38.7 Å². The lowest BCUT2D eigenvalue weighted by molar-refractivity contribution is -0.282. The Kier molecular flexibility index (Phi) is 1.97. The molecule has 2 atom stereocenters. The average molecular weight is 220 g/mol. The molecule has 86 valence electrons. The third kappa shape index (κ3) is 0.986. The zero-order chi connectivity index (χ0) is 11.4. The number of fused-ring (bicyclic) bond motifs is 1. The number of hydrogen-bond acceptors (Lipinski definition) is 3. The van der Waals surface area contributed by atoms with Gasteiger partial charge in [0, 0.05) is 5.92 Å². The van der Waals surface area contributed by atoms with Crippen LogP contribution in [0.25, 0.3) is 0 Å². The van der Waals surface area contributed by atoms with Gasteiger partial charge in [-0.15, -0.1) is 0 Å². The molecule has 1 aromatic carbocycles. The molecule has 2 aliphatic rings. The highest BCUT2D eigenvalue weighted by atomic mass is 16.7. The lowest BCUT2D eigenvalue weighted by atomic mass is 9.61. The molecule has 2 unspecified atom stereocenters. The molecule has 0 aromatic heterocycles. The molecule has 0 amide bonds. The highest BCUT2D eigenvalue weighted by Crippen LogP contribution is 2.57.